The number of carbonyl (C=O) groups excluding carboxylic acids is 2. The average molecular weight is 320 g/mol. The second-order valence-corrected chi connectivity index (χ2v) is 4.45. The van der Waals surface area contributed by atoms with E-state index in [9.17, 15) is 14.4 Å². The largest absolute Gasteiger partial charge is 0.480 e. The molecule has 2 amide bonds. The molecule has 7 nitrogen and oxygen atoms in total. The number of nitrogens with zero attached hydrogens (tertiary/aromatic N) is 1. The van der Waals surface area contributed by atoms with Gasteiger partial charge in [0.15, 0.2) is 0 Å². The molecule has 0 heterocycles. The Hall–Kier alpha value is -1.79. The summed E-state index contributed by atoms with van der Waals surface area (Å²) in [6.45, 7) is 10.3. The van der Waals surface area contributed by atoms with E-state index in [0.717, 1.165) is 12.8 Å². The van der Waals surface area contributed by atoms with Crippen molar-refractivity contribution >= 4 is 18.0 Å². The highest BCUT2D eigenvalue weighted by Crippen LogP contribution is 2.09. The van der Waals surface area contributed by atoms with Crippen molar-refractivity contribution in [3.63, 3.8) is 0 Å². The maximum Gasteiger partial charge on any atom is 0.404 e. The molecule has 0 bridgehead atoms. The van der Waals surface area contributed by atoms with Crippen LogP contribution in [0.1, 0.15) is 53.9 Å². The van der Waals surface area contributed by atoms with Crippen molar-refractivity contribution < 1.29 is 24.2 Å². The van der Waals surface area contributed by atoms with E-state index in [0.29, 0.717) is 18.9 Å². The van der Waals surface area contributed by atoms with Crippen LogP contribution in [0.5, 0.6) is 0 Å². The Morgan fingerprint density at radius 1 is 1.23 bits per heavy atom. The molecule has 1 atom stereocenters. The fraction of sp³-hybridized carbons (Fsp3) is 0.800. The summed E-state index contributed by atoms with van der Waals surface area (Å²) in [5.41, 5.74) is 4.43. The molecule has 0 fully saturated rings. The number of carbonyl (C=O) groups is 3. The number of rotatable bonds is 7. The zero-order valence-corrected chi connectivity index (χ0v) is 14.7. The van der Waals surface area contributed by atoms with E-state index < -0.39 is 12.1 Å². The van der Waals surface area contributed by atoms with Gasteiger partial charge in [-0.3, -0.25) is 9.59 Å². The Kier molecular flexibility index (Phi) is 19.8. The quantitative estimate of drug-likeness (QED) is 0.748. The van der Waals surface area contributed by atoms with E-state index in [4.69, 9.17) is 5.11 Å². The van der Waals surface area contributed by atoms with Gasteiger partial charge in [-0.25, -0.2) is 4.79 Å². The van der Waals surface area contributed by atoms with Crippen molar-refractivity contribution in [3.05, 3.63) is 0 Å². The van der Waals surface area contributed by atoms with Crippen LogP contribution in [0.15, 0.2) is 0 Å². The molecule has 1 unspecified atom stereocenters. The maximum atomic E-state index is 11.7. The lowest BCUT2D eigenvalue weighted by molar-refractivity contribution is -0.144. The van der Waals surface area contributed by atoms with E-state index in [1.807, 2.05) is 34.6 Å². The highest BCUT2D eigenvalue weighted by molar-refractivity contribution is 5.81. The number of carboxylic acids is 1. The van der Waals surface area contributed by atoms with Gasteiger partial charge in [0.1, 0.15) is 6.54 Å². The first-order valence-corrected chi connectivity index (χ1v) is 7.61. The SMILES string of the molecule is CC.CCCN(CC(=O)O)C(=O)CC(C)CC.COC(N)=O. The summed E-state index contributed by atoms with van der Waals surface area (Å²) in [6, 6.07) is 0. The summed E-state index contributed by atoms with van der Waals surface area (Å²) in [5, 5.41) is 8.66. The average Bonchev–Trinajstić information content (AvgIpc) is 2.48. The van der Waals surface area contributed by atoms with Gasteiger partial charge in [-0.2, -0.15) is 0 Å². The van der Waals surface area contributed by atoms with Crippen molar-refractivity contribution in [2.24, 2.45) is 11.7 Å². The molecule has 0 aromatic heterocycles. The van der Waals surface area contributed by atoms with E-state index >= 15 is 0 Å². The second-order valence-electron chi connectivity index (χ2n) is 4.45. The van der Waals surface area contributed by atoms with Gasteiger partial charge in [-0.1, -0.05) is 41.0 Å². The summed E-state index contributed by atoms with van der Waals surface area (Å²) in [5.74, 6) is -0.666. The molecule has 0 aromatic carbocycles. The van der Waals surface area contributed by atoms with Crippen LogP contribution in [0.3, 0.4) is 0 Å². The fourth-order valence-electron chi connectivity index (χ4n) is 1.30. The minimum absolute atomic E-state index is 0.0476. The van der Waals surface area contributed by atoms with Gasteiger partial charge >= 0.3 is 12.1 Å². The topological polar surface area (TPSA) is 110 Å². The van der Waals surface area contributed by atoms with Crippen LogP contribution in [-0.4, -0.2) is 48.2 Å². The molecule has 3 N–H and O–H groups in total. The lowest BCUT2D eigenvalue weighted by Gasteiger charge is -2.21. The van der Waals surface area contributed by atoms with Gasteiger partial charge in [0.2, 0.25) is 5.91 Å². The van der Waals surface area contributed by atoms with Gasteiger partial charge in [0.05, 0.1) is 7.11 Å². The molecule has 0 aliphatic heterocycles. The molecule has 22 heavy (non-hydrogen) atoms. The number of aliphatic carboxylic acids is 1. The first kappa shape index (κ1) is 25.2. The predicted octanol–water partition coefficient (Wildman–Crippen LogP) is 2.48. The van der Waals surface area contributed by atoms with Gasteiger partial charge in [0, 0.05) is 13.0 Å². The predicted molar refractivity (Wildman–Crippen MR) is 86.5 cm³/mol. The molecule has 0 aromatic rings. The molecular weight excluding hydrogens is 288 g/mol. The Morgan fingerprint density at radius 3 is 1.95 bits per heavy atom. The molecular formula is C15H32N2O5. The third kappa shape index (κ3) is 18.2. The molecule has 0 aliphatic rings. The van der Waals surface area contributed by atoms with Crippen molar-refractivity contribution in [2.45, 2.75) is 53.9 Å². The van der Waals surface area contributed by atoms with Gasteiger partial charge < -0.3 is 20.5 Å². The number of hydrogen-bond acceptors (Lipinski definition) is 4. The summed E-state index contributed by atoms with van der Waals surface area (Å²) >= 11 is 0. The van der Waals surface area contributed by atoms with E-state index in [2.05, 4.69) is 10.5 Å². The highest BCUT2D eigenvalue weighted by atomic mass is 16.5. The van der Waals surface area contributed by atoms with Crippen molar-refractivity contribution in [3.8, 4) is 0 Å². The third-order valence-electron chi connectivity index (χ3n) is 2.59. The number of methoxy groups -OCH3 is 1. The van der Waals surface area contributed by atoms with Crippen LogP contribution >= 0.6 is 0 Å². The van der Waals surface area contributed by atoms with E-state index in [-0.39, 0.29) is 12.5 Å². The van der Waals surface area contributed by atoms with Gasteiger partial charge in [0.25, 0.3) is 0 Å². The molecule has 0 rings (SSSR count). The number of primary amides is 1. The zero-order chi connectivity index (χ0) is 18.1. The van der Waals surface area contributed by atoms with Crippen LogP contribution in [0, 0.1) is 5.92 Å². The highest BCUT2D eigenvalue weighted by Gasteiger charge is 2.17. The van der Waals surface area contributed by atoms with Gasteiger partial charge in [-0.15, -0.1) is 0 Å². The number of nitrogens with two attached hydrogens (primary N) is 1. The summed E-state index contributed by atoms with van der Waals surface area (Å²) in [4.78, 5) is 33.0. The van der Waals surface area contributed by atoms with Crippen molar-refractivity contribution in [1.82, 2.24) is 4.90 Å². The van der Waals surface area contributed by atoms with Crippen LogP contribution < -0.4 is 5.73 Å². The van der Waals surface area contributed by atoms with Crippen molar-refractivity contribution in [1.29, 1.82) is 0 Å². The van der Waals surface area contributed by atoms with E-state index in [1.165, 1.54) is 12.0 Å². The molecule has 0 spiro atoms. The molecule has 0 aliphatic carbocycles. The smallest absolute Gasteiger partial charge is 0.404 e. The number of hydrogen-bond donors (Lipinski definition) is 2. The zero-order valence-electron chi connectivity index (χ0n) is 14.7. The molecule has 0 saturated carbocycles. The summed E-state index contributed by atoms with van der Waals surface area (Å²) in [7, 11) is 1.22. The molecule has 0 saturated heterocycles. The standard InChI is InChI=1S/C11H21NO3.C2H5NO2.C2H6/c1-4-6-12(8-11(14)15)10(13)7-9(3)5-2;1-5-2(3)4;1-2/h9H,4-8H2,1-3H3,(H,14,15);1H3,(H2,3,4);1-2H3. The monoisotopic (exact) mass is 320 g/mol. The Bertz CT molecular complexity index is 308. The first-order chi connectivity index (χ1) is 10.3. The molecule has 7 heteroatoms. The minimum atomic E-state index is -0.944. The Morgan fingerprint density at radius 2 is 1.68 bits per heavy atom. The molecule has 132 valence electrons. The number of ether oxygens (including phenoxy) is 1. The Labute approximate surface area is 133 Å². The normalized spacial score (nSPS) is 10.1. The molecule has 0 radical (unpaired) electrons. The van der Waals surface area contributed by atoms with Crippen LogP contribution in [0.2, 0.25) is 0 Å². The summed E-state index contributed by atoms with van der Waals surface area (Å²) < 4.78 is 3.89. The van der Waals surface area contributed by atoms with Gasteiger partial charge in [-0.05, 0) is 12.3 Å². The van der Waals surface area contributed by atoms with Crippen molar-refractivity contribution in [2.75, 3.05) is 20.2 Å². The lowest BCUT2D eigenvalue weighted by atomic mass is 10.0. The van der Waals surface area contributed by atoms with Crippen LogP contribution in [-0.2, 0) is 14.3 Å². The second kappa shape index (κ2) is 17.3. The fourth-order valence-corrected chi connectivity index (χ4v) is 1.30. The lowest BCUT2D eigenvalue weighted by Crippen LogP contribution is -2.36. The minimum Gasteiger partial charge on any atom is -0.480 e. The number of amides is 2. The van der Waals surface area contributed by atoms with Crippen LogP contribution in [0.4, 0.5) is 4.79 Å². The Balaban J connectivity index is -0.000000434. The third-order valence-corrected chi connectivity index (χ3v) is 2.59. The maximum absolute atomic E-state index is 11.7. The van der Waals surface area contributed by atoms with Crippen LogP contribution in [0.25, 0.3) is 0 Å². The number of carboxylic acid groups (broad SMARTS) is 1. The first-order valence-electron chi connectivity index (χ1n) is 7.61. The van der Waals surface area contributed by atoms with E-state index in [1.54, 1.807) is 0 Å². The summed E-state index contributed by atoms with van der Waals surface area (Å²) in [6.07, 6.45) is 1.44.